The Morgan fingerprint density at radius 3 is 2.35 bits per heavy atom. The van der Waals surface area contributed by atoms with Crippen LogP contribution in [0.1, 0.15) is 27.0 Å². The van der Waals surface area contributed by atoms with Crippen molar-refractivity contribution in [2.45, 2.75) is 13.8 Å². The Labute approximate surface area is 101 Å². The highest BCUT2D eigenvalue weighted by atomic mass is 16.1. The lowest BCUT2D eigenvalue weighted by Gasteiger charge is -2.06. The number of ketones is 1. The number of nitrogens with two attached hydrogens (primary N) is 1. The van der Waals surface area contributed by atoms with E-state index in [0.717, 1.165) is 16.7 Å². The third kappa shape index (κ3) is 2.21. The van der Waals surface area contributed by atoms with Crippen LogP contribution in [-0.4, -0.2) is 5.78 Å². The molecule has 0 saturated carbocycles. The van der Waals surface area contributed by atoms with Crippen LogP contribution in [0.5, 0.6) is 0 Å². The number of rotatable bonds is 2. The Morgan fingerprint density at radius 2 is 1.71 bits per heavy atom. The third-order valence-electron chi connectivity index (χ3n) is 2.93. The molecule has 0 atom stereocenters. The summed E-state index contributed by atoms with van der Waals surface area (Å²) in [5.41, 5.74) is 9.83. The van der Waals surface area contributed by atoms with Crippen LogP contribution in [0, 0.1) is 13.8 Å². The summed E-state index contributed by atoms with van der Waals surface area (Å²) < 4.78 is 0. The average Bonchev–Trinajstić information content (AvgIpc) is 2.32. The second-order valence-corrected chi connectivity index (χ2v) is 4.22. The van der Waals surface area contributed by atoms with Crippen molar-refractivity contribution in [1.82, 2.24) is 0 Å². The van der Waals surface area contributed by atoms with Crippen LogP contribution in [0.15, 0.2) is 42.5 Å². The number of anilines is 1. The molecule has 0 aliphatic rings. The summed E-state index contributed by atoms with van der Waals surface area (Å²) in [7, 11) is 0. The second-order valence-electron chi connectivity index (χ2n) is 4.22. The van der Waals surface area contributed by atoms with Crippen molar-refractivity contribution in [2.75, 3.05) is 5.73 Å². The van der Waals surface area contributed by atoms with E-state index in [0.29, 0.717) is 11.3 Å². The van der Waals surface area contributed by atoms with Gasteiger partial charge in [-0.3, -0.25) is 4.79 Å². The molecule has 2 N–H and O–H groups in total. The van der Waals surface area contributed by atoms with Crippen molar-refractivity contribution < 1.29 is 4.79 Å². The number of carbonyl (C=O) groups excluding carboxylic acids is 1. The third-order valence-corrected chi connectivity index (χ3v) is 2.93. The molecule has 0 unspecified atom stereocenters. The van der Waals surface area contributed by atoms with Crippen molar-refractivity contribution >= 4 is 11.5 Å². The topological polar surface area (TPSA) is 43.1 Å². The van der Waals surface area contributed by atoms with E-state index >= 15 is 0 Å². The lowest BCUT2D eigenvalue weighted by molar-refractivity contribution is 0.103. The van der Waals surface area contributed by atoms with Crippen LogP contribution in [0.4, 0.5) is 5.69 Å². The molecule has 0 bridgehead atoms. The highest BCUT2D eigenvalue weighted by molar-refractivity contribution is 6.10. The van der Waals surface area contributed by atoms with Crippen LogP contribution in [0.25, 0.3) is 0 Å². The summed E-state index contributed by atoms with van der Waals surface area (Å²) in [6.07, 6.45) is 0. The molecule has 0 aliphatic carbocycles. The highest BCUT2D eigenvalue weighted by Crippen LogP contribution is 2.18. The minimum atomic E-state index is 0.0230. The minimum Gasteiger partial charge on any atom is -0.398 e. The average molecular weight is 225 g/mol. The normalized spacial score (nSPS) is 10.2. The zero-order valence-corrected chi connectivity index (χ0v) is 10.0. The molecule has 2 heteroatoms. The molecule has 0 spiro atoms. The number of carbonyl (C=O) groups is 1. The summed E-state index contributed by atoms with van der Waals surface area (Å²) >= 11 is 0. The first-order chi connectivity index (χ1) is 8.09. The first kappa shape index (κ1) is 11.4. The molecule has 0 aromatic heterocycles. The van der Waals surface area contributed by atoms with E-state index in [2.05, 4.69) is 0 Å². The monoisotopic (exact) mass is 225 g/mol. The van der Waals surface area contributed by atoms with Crippen molar-refractivity contribution in [3.05, 3.63) is 64.7 Å². The molecule has 2 aromatic rings. The maximum Gasteiger partial charge on any atom is 0.193 e. The maximum absolute atomic E-state index is 12.3. The standard InChI is InChI=1S/C15H15NO/c1-10-5-3-4-6-13(10)15(17)12-8-7-11(2)14(16)9-12/h3-9H,16H2,1-2H3. The van der Waals surface area contributed by atoms with Gasteiger partial charge in [-0.05, 0) is 31.0 Å². The van der Waals surface area contributed by atoms with E-state index in [9.17, 15) is 4.79 Å². The van der Waals surface area contributed by atoms with E-state index in [-0.39, 0.29) is 5.78 Å². The van der Waals surface area contributed by atoms with Gasteiger partial charge in [-0.2, -0.15) is 0 Å². The summed E-state index contributed by atoms with van der Waals surface area (Å²) in [4.78, 5) is 12.3. The fourth-order valence-corrected chi connectivity index (χ4v) is 1.76. The van der Waals surface area contributed by atoms with Crippen LogP contribution in [0.2, 0.25) is 0 Å². The Bertz CT molecular complexity index is 573. The Balaban J connectivity index is 2.44. The summed E-state index contributed by atoms with van der Waals surface area (Å²) in [6.45, 7) is 3.86. The minimum absolute atomic E-state index is 0.0230. The number of benzene rings is 2. The zero-order chi connectivity index (χ0) is 12.4. The predicted molar refractivity (Wildman–Crippen MR) is 70.2 cm³/mol. The van der Waals surface area contributed by atoms with Crippen LogP contribution in [0.3, 0.4) is 0 Å². The lowest BCUT2D eigenvalue weighted by Crippen LogP contribution is -2.04. The van der Waals surface area contributed by atoms with Gasteiger partial charge in [0, 0.05) is 16.8 Å². The fraction of sp³-hybridized carbons (Fsp3) is 0.133. The molecule has 2 nitrogen and oxygen atoms in total. The Kier molecular flexibility index (Phi) is 2.96. The van der Waals surface area contributed by atoms with Gasteiger partial charge >= 0.3 is 0 Å². The molecule has 2 aromatic carbocycles. The van der Waals surface area contributed by atoms with E-state index in [1.54, 1.807) is 6.07 Å². The molecule has 0 saturated heterocycles. The molecule has 17 heavy (non-hydrogen) atoms. The molecule has 0 aliphatic heterocycles. The molecular weight excluding hydrogens is 210 g/mol. The molecule has 0 fully saturated rings. The summed E-state index contributed by atoms with van der Waals surface area (Å²) in [5.74, 6) is 0.0230. The van der Waals surface area contributed by atoms with Crippen molar-refractivity contribution in [1.29, 1.82) is 0 Å². The quantitative estimate of drug-likeness (QED) is 0.630. The number of hydrogen-bond acceptors (Lipinski definition) is 2. The smallest absolute Gasteiger partial charge is 0.193 e. The first-order valence-corrected chi connectivity index (χ1v) is 5.56. The van der Waals surface area contributed by atoms with E-state index < -0.39 is 0 Å². The Morgan fingerprint density at radius 1 is 1.00 bits per heavy atom. The van der Waals surface area contributed by atoms with E-state index in [1.807, 2.05) is 50.2 Å². The second kappa shape index (κ2) is 4.42. The summed E-state index contributed by atoms with van der Waals surface area (Å²) in [5, 5.41) is 0. The first-order valence-electron chi connectivity index (χ1n) is 5.56. The SMILES string of the molecule is Cc1ccc(C(=O)c2ccccc2C)cc1N. The van der Waals surface area contributed by atoms with Crippen LogP contribution < -0.4 is 5.73 Å². The summed E-state index contributed by atoms with van der Waals surface area (Å²) in [6, 6.07) is 13.0. The van der Waals surface area contributed by atoms with Crippen molar-refractivity contribution in [2.24, 2.45) is 0 Å². The number of aryl methyl sites for hydroxylation is 2. The van der Waals surface area contributed by atoms with E-state index in [1.165, 1.54) is 0 Å². The van der Waals surface area contributed by atoms with Gasteiger partial charge in [-0.15, -0.1) is 0 Å². The molecule has 0 radical (unpaired) electrons. The van der Waals surface area contributed by atoms with Gasteiger partial charge in [0.25, 0.3) is 0 Å². The molecule has 2 rings (SSSR count). The van der Waals surface area contributed by atoms with Gasteiger partial charge < -0.3 is 5.73 Å². The molecule has 0 amide bonds. The zero-order valence-electron chi connectivity index (χ0n) is 10.0. The van der Waals surface area contributed by atoms with Gasteiger partial charge in [-0.25, -0.2) is 0 Å². The largest absolute Gasteiger partial charge is 0.398 e. The van der Waals surface area contributed by atoms with Crippen molar-refractivity contribution in [3.63, 3.8) is 0 Å². The maximum atomic E-state index is 12.3. The Hall–Kier alpha value is -2.09. The molecular formula is C15H15NO. The van der Waals surface area contributed by atoms with Gasteiger partial charge in [0.1, 0.15) is 0 Å². The van der Waals surface area contributed by atoms with E-state index in [4.69, 9.17) is 5.73 Å². The predicted octanol–water partition coefficient (Wildman–Crippen LogP) is 3.12. The molecule has 86 valence electrons. The number of nitrogen functional groups attached to an aromatic ring is 1. The highest BCUT2D eigenvalue weighted by Gasteiger charge is 2.11. The fourth-order valence-electron chi connectivity index (χ4n) is 1.76. The van der Waals surface area contributed by atoms with Gasteiger partial charge in [0.15, 0.2) is 5.78 Å². The molecule has 0 heterocycles. The van der Waals surface area contributed by atoms with Crippen LogP contribution in [-0.2, 0) is 0 Å². The number of hydrogen-bond donors (Lipinski definition) is 1. The van der Waals surface area contributed by atoms with Gasteiger partial charge in [0.05, 0.1) is 0 Å². The van der Waals surface area contributed by atoms with Crippen molar-refractivity contribution in [3.8, 4) is 0 Å². The van der Waals surface area contributed by atoms with Gasteiger partial charge in [-0.1, -0.05) is 36.4 Å². The van der Waals surface area contributed by atoms with Gasteiger partial charge in [0.2, 0.25) is 0 Å². The van der Waals surface area contributed by atoms with Crippen LogP contribution >= 0.6 is 0 Å². The lowest BCUT2D eigenvalue weighted by atomic mass is 9.98.